The minimum absolute atomic E-state index is 0.0374. The lowest BCUT2D eigenvalue weighted by Crippen LogP contribution is -2.34. The van der Waals surface area contributed by atoms with Crippen LogP contribution >= 0.6 is 10.2 Å². The first-order valence-corrected chi connectivity index (χ1v) is 15.2. The number of ether oxygens (including phenoxy) is 1. The number of likely N-dealkylation sites (N-methyl/N-ethyl adjacent to an activating group) is 1. The van der Waals surface area contributed by atoms with Crippen molar-refractivity contribution in [2.45, 2.75) is 32.1 Å². The largest absolute Gasteiger partial charge is 0.493 e. The summed E-state index contributed by atoms with van der Waals surface area (Å²) in [7, 11) is -10.2. The van der Waals surface area contributed by atoms with E-state index < -0.39 is 56.0 Å². The summed E-state index contributed by atoms with van der Waals surface area (Å²) in [6.07, 6.45) is 0.666. The number of nitrogens with one attached hydrogen (secondary N) is 3. The van der Waals surface area contributed by atoms with Gasteiger partial charge in [-0.2, -0.15) is 0 Å². The molecule has 0 bridgehead atoms. The third kappa shape index (κ3) is 9.25. The minimum Gasteiger partial charge on any atom is -0.493 e. The van der Waals surface area contributed by atoms with Gasteiger partial charge in [-0.1, -0.05) is 45.4 Å². The van der Waals surface area contributed by atoms with Crippen LogP contribution in [0.25, 0.3) is 11.1 Å². The molecule has 0 atom stereocenters. The molecule has 3 rings (SSSR count). The fourth-order valence-electron chi connectivity index (χ4n) is 4.18. The number of carbonyl (C=O) groups is 2. The highest BCUT2D eigenvalue weighted by atomic mass is 32.5. The maximum atomic E-state index is 15.0. The number of amides is 2. The van der Waals surface area contributed by atoms with Crippen molar-refractivity contribution in [3.63, 3.8) is 0 Å². The summed E-state index contributed by atoms with van der Waals surface area (Å²) in [6, 6.07) is 5.88. The van der Waals surface area contributed by atoms with Gasteiger partial charge in [0.1, 0.15) is 16.5 Å². The zero-order valence-electron chi connectivity index (χ0n) is 23.6. The highest BCUT2D eigenvalue weighted by Crippen LogP contribution is 3.02. The van der Waals surface area contributed by atoms with E-state index in [0.717, 1.165) is 12.1 Å². The number of rotatable bonds is 13. The zero-order valence-corrected chi connectivity index (χ0v) is 24.4. The van der Waals surface area contributed by atoms with Crippen molar-refractivity contribution in [3.8, 4) is 16.9 Å². The molecule has 0 aliphatic rings. The predicted octanol–water partition coefficient (Wildman–Crippen LogP) is 6.49. The van der Waals surface area contributed by atoms with Crippen LogP contribution in [0.5, 0.6) is 5.75 Å². The van der Waals surface area contributed by atoms with Crippen molar-refractivity contribution in [2.24, 2.45) is 0 Å². The molecule has 0 fully saturated rings. The first-order chi connectivity index (χ1) is 19.9. The molecule has 3 N–H and O–H groups in total. The Morgan fingerprint density at radius 3 is 2.28 bits per heavy atom. The van der Waals surface area contributed by atoms with Crippen LogP contribution < -0.4 is 20.9 Å². The molecule has 0 spiro atoms. The van der Waals surface area contributed by atoms with Crippen LogP contribution in [-0.4, -0.2) is 54.5 Å². The van der Waals surface area contributed by atoms with Gasteiger partial charge in [0.15, 0.2) is 0 Å². The van der Waals surface area contributed by atoms with Crippen molar-refractivity contribution in [2.75, 3.05) is 38.1 Å². The fourth-order valence-corrected chi connectivity index (χ4v) is 4.88. The van der Waals surface area contributed by atoms with E-state index in [-0.39, 0.29) is 36.6 Å². The van der Waals surface area contributed by atoms with Gasteiger partial charge < -0.3 is 25.3 Å². The number of anilines is 1. The summed E-state index contributed by atoms with van der Waals surface area (Å²) in [5.74, 6) is -2.71. The molecule has 15 heteroatoms. The zero-order chi connectivity index (χ0) is 32.1. The summed E-state index contributed by atoms with van der Waals surface area (Å²) in [5, 5.41) is 4.46. The molecular weight excluding hydrogens is 602 g/mol. The number of aromatic amines is 1. The first kappa shape index (κ1) is 33.5. The predicted molar refractivity (Wildman–Crippen MR) is 154 cm³/mol. The van der Waals surface area contributed by atoms with E-state index in [2.05, 4.69) is 15.6 Å². The molecule has 1 heterocycles. The van der Waals surface area contributed by atoms with Gasteiger partial charge in [-0.25, -0.2) is 4.39 Å². The molecule has 0 aliphatic heterocycles. The molecule has 236 valence electrons. The third-order valence-electron chi connectivity index (χ3n) is 6.41. The van der Waals surface area contributed by atoms with E-state index >= 15 is 0 Å². The Morgan fingerprint density at radius 2 is 1.67 bits per heavy atom. The smallest absolute Gasteiger partial charge is 0.310 e. The maximum Gasteiger partial charge on any atom is 0.310 e. The molecule has 8 nitrogen and oxygen atoms in total. The van der Waals surface area contributed by atoms with Crippen LogP contribution in [0.4, 0.5) is 29.5 Å². The Kier molecular flexibility index (Phi) is 9.61. The quantitative estimate of drug-likeness (QED) is 0.187. The van der Waals surface area contributed by atoms with E-state index in [9.17, 15) is 38.2 Å². The number of hydrogen-bond donors (Lipinski definition) is 3. The lowest BCUT2D eigenvalue weighted by Gasteiger charge is -2.40. The van der Waals surface area contributed by atoms with E-state index in [0.29, 0.717) is 30.8 Å². The first-order valence-electron chi connectivity index (χ1n) is 13.3. The van der Waals surface area contributed by atoms with Gasteiger partial charge in [0.25, 0.3) is 11.5 Å². The van der Waals surface area contributed by atoms with Crippen LogP contribution in [0, 0.1) is 5.82 Å². The molecule has 0 radical (unpaired) electrons. The molecule has 2 aromatic carbocycles. The van der Waals surface area contributed by atoms with E-state index in [1.807, 2.05) is 18.7 Å². The third-order valence-corrected chi connectivity index (χ3v) is 7.53. The molecule has 3 aromatic rings. The summed E-state index contributed by atoms with van der Waals surface area (Å²) >= 11 is 0. The average molecular weight is 635 g/mol. The molecule has 43 heavy (non-hydrogen) atoms. The van der Waals surface area contributed by atoms with Crippen molar-refractivity contribution in [3.05, 3.63) is 76.0 Å². The normalized spacial score (nSPS) is 13.3. The standard InChI is InChI=1S/C28H32F6N4O4S/c1-4-38(5-2)10-9-35-28(41)20-11-21(15-22(12-20)43(30,31,32,33)34)37-27(40)14-19-8-7-18(13-24(19)29)23-17-36-26(39)16-25(23)42-6-3/h7-8,11-13,15-17H,4-6,9-10,14H2,1-3H3,(H,35,41)(H,36,39)(H,37,40). The van der Waals surface area contributed by atoms with E-state index in [1.165, 1.54) is 24.4 Å². The highest BCUT2D eigenvalue weighted by Gasteiger charge is 2.65. The van der Waals surface area contributed by atoms with Crippen LogP contribution in [0.3, 0.4) is 0 Å². The number of aromatic nitrogens is 1. The second-order valence-electron chi connectivity index (χ2n) is 9.54. The minimum atomic E-state index is -10.2. The summed E-state index contributed by atoms with van der Waals surface area (Å²) in [6.45, 7) is 7.43. The van der Waals surface area contributed by atoms with E-state index in [4.69, 9.17) is 4.74 Å². The number of carbonyl (C=O) groups excluding carboxylic acids is 2. The Labute approximate surface area is 244 Å². The van der Waals surface area contributed by atoms with Gasteiger partial charge >= 0.3 is 10.2 Å². The van der Waals surface area contributed by atoms with Crippen LogP contribution in [0.1, 0.15) is 36.7 Å². The van der Waals surface area contributed by atoms with Crippen LogP contribution in [0.2, 0.25) is 0 Å². The van der Waals surface area contributed by atoms with Crippen molar-refractivity contribution >= 4 is 27.7 Å². The second-order valence-corrected chi connectivity index (χ2v) is 11.9. The SMILES string of the molecule is CCOc1cc(=O)[nH]cc1-c1ccc(CC(=O)Nc2cc(C(=O)NCCN(CC)CC)cc(S(F)(F)(F)(F)F)c2)c(F)c1. The molecule has 1 aromatic heterocycles. The van der Waals surface area contributed by atoms with E-state index in [1.54, 1.807) is 6.92 Å². The number of halogens is 6. The van der Waals surface area contributed by atoms with Crippen LogP contribution in [-0.2, 0) is 11.2 Å². The maximum absolute atomic E-state index is 15.0. The van der Waals surface area contributed by atoms with Gasteiger partial charge in [0.05, 0.1) is 13.0 Å². The summed E-state index contributed by atoms with van der Waals surface area (Å²) in [4.78, 5) is 38.9. The Morgan fingerprint density at radius 1 is 0.977 bits per heavy atom. The summed E-state index contributed by atoms with van der Waals surface area (Å²) < 4.78 is 88.9. The van der Waals surface area contributed by atoms with Gasteiger partial charge in [0, 0.05) is 42.2 Å². The topological polar surface area (TPSA) is 104 Å². The van der Waals surface area contributed by atoms with Crippen molar-refractivity contribution in [1.82, 2.24) is 15.2 Å². The second kappa shape index (κ2) is 12.3. The molecule has 2 amide bonds. The average Bonchev–Trinajstić information content (AvgIpc) is 2.91. The lowest BCUT2D eigenvalue weighted by molar-refractivity contribution is -0.115. The van der Waals surface area contributed by atoms with Gasteiger partial charge in [-0.3, -0.25) is 14.4 Å². The van der Waals surface area contributed by atoms with Gasteiger partial charge in [-0.15, -0.1) is 0 Å². The lowest BCUT2D eigenvalue weighted by atomic mass is 10.0. The van der Waals surface area contributed by atoms with Crippen LogP contribution in [0.15, 0.2) is 58.4 Å². The number of H-pyrrole nitrogens is 1. The molecule has 0 unspecified atom stereocenters. The van der Waals surface area contributed by atoms with Gasteiger partial charge in [0.2, 0.25) is 5.91 Å². The number of hydrogen-bond acceptors (Lipinski definition) is 5. The summed E-state index contributed by atoms with van der Waals surface area (Å²) in [5.41, 5.74) is -1.36. The molecule has 0 saturated heterocycles. The monoisotopic (exact) mass is 634 g/mol. The number of nitrogens with zero attached hydrogens (tertiary/aromatic N) is 1. The van der Waals surface area contributed by atoms with Crippen molar-refractivity contribution in [1.29, 1.82) is 0 Å². The molecule has 0 saturated carbocycles. The highest BCUT2D eigenvalue weighted by molar-refractivity contribution is 8.45. The molecule has 0 aliphatic carbocycles. The fraction of sp³-hybridized carbons (Fsp3) is 0.321. The number of pyridine rings is 1. The number of benzene rings is 2. The Hall–Kier alpha value is -3.98. The molecular formula is C28H32F6N4O4S. The Bertz CT molecular complexity index is 1560. The van der Waals surface area contributed by atoms with Gasteiger partial charge in [-0.05, 0) is 55.4 Å². The Balaban J connectivity index is 1.84. The van der Waals surface area contributed by atoms with Crippen molar-refractivity contribution < 1.29 is 38.1 Å².